The molecule has 1 amide bonds. The van der Waals surface area contributed by atoms with Crippen LogP contribution in [0.3, 0.4) is 0 Å². The minimum absolute atomic E-state index is 0.300. The fraction of sp³-hybridized carbons (Fsp3) is 0.222. The Balaban J connectivity index is 2.17. The van der Waals surface area contributed by atoms with Crippen molar-refractivity contribution in [2.45, 2.75) is 13.8 Å². The highest BCUT2D eigenvalue weighted by molar-refractivity contribution is 6.32. The molecule has 5 nitrogen and oxygen atoms in total. The number of hydrogen-bond acceptors (Lipinski definition) is 4. The maximum Gasteiger partial charge on any atom is 0.338 e. The highest BCUT2D eigenvalue weighted by Gasteiger charge is 2.13. The van der Waals surface area contributed by atoms with Crippen LogP contribution in [0.4, 0.5) is 5.69 Å². The number of halogens is 1. The van der Waals surface area contributed by atoms with E-state index in [0.717, 1.165) is 5.56 Å². The van der Waals surface area contributed by atoms with Gasteiger partial charge in [-0.15, -0.1) is 0 Å². The van der Waals surface area contributed by atoms with E-state index in [0.29, 0.717) is 34.2 Å². The van der Waals surface area contributed by atoms with Gasteiger partial charge in [0.2, 0.25) is 0 Å². The van der Waals surface area contributed by atoms with Gasteiger partial charge in [-0.25, -0.2) is 4.79 Å². The number of aryl methyl sites for hydroxylation is 1. The van der Waals surface area contributed by atoms with Crippen molar-refractivity contribution in [1.29, 1.82) is 0 Å². The molecule has 0 heterocycles. The molecule has 0 radical (unpaired) electrons. The molecule has 0 aliphatic rings. The quantitative estimate of drug-likeness (QED) is 0.827. The lowest BCUT2D eigenvalue weighted by molar-refractivity contribution is 0.0526. The molecular formula is C18H18ClNO4. The van der Waals surface area contributed by atoms with E-state index in [1.54, 1.807) is 44.2 Å². The monoisotopic (exact) mass is 347 g/mol. The van der Waals surface area contributed by atoms with E-state index >= 15 is 0 Å². The molecule has 0 unspecified atom stereocenters. The van der Waals surface area contributed by atoms with Gasteiger partial charge < -0.3 is 14.8 Å². The first-order valence-electron chi connectivity index (χ1n) is 7.39. The number of rotatable bonds is 5. The minimum atomic E-state index is -0.389. The zero-order chi connectivity index (χ0) is 17.7. The summed E-state index contributed by atoms with van der Waals surface area (Å²) < 4.78 is 10.0. The van der Waals surface area contributed by atoms with Crippen molar-refractivity contribution in [3.63, 3.8) is 0 Å². The summed E-state index contributed by atoms with van der Waals surface area (Å²) in [7, 11) is 1.51. The fourth-order valence-corrected chi connectivity index (χ4v) is 2.41. The molecule has 0 aromatic heterocycles. The molecule has 0 aliphatic carbocycles. The average molecular weight is 348 g/mol. The van der Waals surface area contributed by atoms with Crippen LogP contribution >= 0.6 is 11.6 Å². The number of methoxy groups -OCH3 is 1. The van der Waals surface area contributed by atoms with E-state index < -0.39 is 0 Å². The molecular weight excluding hydrogens is 330 g/mol. The van der Waals surface area contributed by atoms with Gasteiger partial charge in [-0.1, -0.05) is 11.6 Å². The first kappa shape index (κ1) is 17.8. The molecule has 2 aromatic rings. The molecule has 0 atom stereocenters. The van der Waals surface area contributed by atoms with E-state index in [4.69, 9.17) is 21.1 Å². The summed E-state index contributed by atoms with van der Waals surface area (Å²) in [4.78, 5) is 24.1. The zero-order valence-corrected chi connectivity index (χ0v) is 14.4. The lowest BCUT2D eigenvalue weighted by Gasteiger charge is -2.11. The van der Waals surface area contributed by atoms with Gasteiger partial charge in [-0.05, 0) is 55.8 Å². The third-order valence-electron chi connectivity index (χ3n) is 3.40. The van der Waals surface area contributed by atoms with Crippen LogP contribution in [0.15, 0.2) is 36.4 Å². The highest BCUT2D eigenvalue weighted by Crippen LogP contribution is 2.26. The molecule has 2 rings (SSSR count). The van der Waals surface area contributed by atoms with Crippen LogP contribution in [0.1, 0.15) is 33.2 Å². The molecule has 2 aromatic carbocycles. The Morgan fingerprint density at radius 1 is 1.12 bits per heavy atom. The van der Waals surface area contributed by atoms with Crippen molar-refractivity contribution in [2.75, 3.05) is 19.0 Å². The van der Waals surface area contributed by atoms with Gasteiger partial charge in [-0.2, -0.15) is 0 Å². The van der Waals surface area contributed by atoms with Crippen molar-refractivity contribution in [2.24, 2.45) is 0 Å². The van der Waals surface area contributed by atoms with Gasteiger partial charge in [0.25, 0.3) is 5.91 Å². The van der Waals surface area contributed by atoms with Crippen LogP contribution in [0.5, 0.6) is 5.75 Å². The summed E-state index contributed by atoms with van der Waals surface area (Å²) in [6.45, 7) is 3.87. The van der Waals surface area contributed by atoms with Gasteiger partial charge >= 0.3 is 5.97 Å². The van der Waals surface area contributed by atoms with Gasteiger partial charge in [0, 0.05) is 11.3 Å². The van der Waals surface area contributed by atoms with Gasteiger partial charge in [-0.3, -0.25) is 4.79 Å². The molecule has 126 valence electrons. The maximum atomic E-state index is 12.3. The maximum absolute atomic E-state index is 12.3. The van der Waals surface area contributed by atoms with E-state index in [1.807, 2.05) is 0 Å². The smallest absolute Gasteiger partial charge is 0.338 e. The van der Waals surface area contributed by atoms with Gasteiger partial charge in [0.15, 0.2) is 0 Å². The normalized spacial score (nSPS) is 10.2. The molecule has 0 fully saturated rings. The lowest BCUT2D eigenvalue weighted by atomic mass is 10.1. The number of esters is 1. The van der Waals surface area contributed by atoms with Crippen molar-refractivity contribution < 1.29 is 19.1 Å². The number of ether oxygens (including phenoxy) is 2. The molecule has 0 saturated heterocycles. The number of nitrogens with one attached hydrogen (secondary N) is 1. The second-order valence-corrected chi connectivity index (χ2v) is 5.46. The Morgan fingerprint density at radius 2 is 1.83 bits per heavy atom. The van der Waals surface area contributed by atoms with Crippen LogP contribution in [-0.4, -0.2) is 25.6 Å². The summed E-state index contributed by atoms with van der Waals surface area (Å²) in [5, 5.41) is 3.16. The van der Waals surface area contributed by atoms with Gasteiger partial charge in [0.1, 0.15) is 5.75 Å². The third kappa shape index (κ3) is 4.06. The predicted octanol–water partition coefficient (Wildman–Crippen LogP) is 4.09. The van der Waals surface area contributed by atoms with Crippen LogP contribution in [0.25, 0.3) is 0 Å². The second kappa shape index (κ2) is 7.84. The van der Waals surface area contributed by atoms with Crippen molar-refractivity contribution in [3.8, 4) is 5.75 Å². The summed E-state index contributed by atoms with van der Waals surface area (Å²) >= 11 is 6.04. The van der Waals surface area contributed by atoms with Crippen LogP contribution in [-0.2, 0) is 4.74 Å². The lowest BCUT2D eigenvalue weighted by Crippen LogP contribution is -2.13. The number of amides is 1. The number of carbonyl (C=O) groups excluding carboxylic acids is 2. The number of hydrogen-bond donors (Lipinski definition) is 1. The number of benzene rings is 2. The Morgan fingerprint density at radius 3 is 2.42 bits per heavy atom. The molecule has 1 N–H and O–H groups in total. The summed E-state index contributed by atoms with van der Waals surface area (Å²) in [6.07, 6.45) is 0. The summed E-state index contributed by atoms with van der Waals surface area (Å²) in [6, 6.07) is 9.76. The largest absolute Gasteiger partial charge is 0.495 e. The van der Waals surface area contributed by atoms with Crippen molar-refractivity contribution in [1.82, 2.24) is 0 Å². The standard InChI is InChI=1S/C18H18ClNO4/c1-4-24-18(22)13-5-7-15(11(2)9-13)20-17(21)12-6-8-16(23-3)14(19)10-12/h5-10H,4H2,1-3H3,(H,20,21). The van der Waals surface area contributed by atoms with E-state index in [2.05, 4.69) is 5.32 Å². The molecule has 24 heavy (non-hydrogen) atoms. The second-order valence-electron chi connectivity index (χ2n) is 5.05. The highest BCUT2D eigenvalue weighted by atomic mass is 35.5. The van der Waals surface area contributed by atoms with Crippen molar-refractivity contribution >= 4 is 29.2 Å². The van der Waals surface area contributed by atoms with E-state index in [1.165, 1.54) is 13.2 Å². The van der Waals surface area contributed by atoms with Crippen LogP contribution < -0.4 is 10.1 Å². The first-order chi connectivity index (χ1) is 11.5. The Labute approximate surface area is 145 Å². The third-order valence-corrected chi connectivity index (χ3v) is 3.70. The molecule has 0 spiro atoms. The SMILES string of the molecule is CCOC(=O)c1ccc(NC(=O)c2ccc(OC)c(Cl)c2)c(C)c1. The fourth-order valence-electron chi connectivity index (χ4n) is 2.15. The number of carbonyl (C=O) groups is 2. The van der Waals surface area contributed by atoms with E-state index in [-0.39, 0.29) is 11.9 Å². The Kier molecular flexibility index (Phi) is 5.82. The first-order valence-corrected chi connectivity index (χ1v) is 7.76. The topological polar surface area (TPSA) is 64.6 Å². The van der Waals surface area contributed by atoms with Crippen LogP contribution in [0, 0.1) is 6.92 Å². The Hall–Kier alpha value is -2.53. The van der Waals surface area contributed by atoms with Gasteiger partial charge in [0.05, 0.1) is 24.3 Å². The number of anilines is 1. The Bertz CT molecular complexity index is 774. The molecule has 0 aliphatic heterocycles. The average Bonchev–Trinajstić information content (AvgIpc) is 2.56. The predicted molar refractivity (Wildman–Crippen MR) is 93.1 cm³/mol. The molecule has 6 heteroatoms. The zero-order valence-electron chi connectivity index (χ0n) is 13.7. The molecule has 0 bridgehead atoms. The van der Waals surface area contributed by atoms with Crippen molar-refractivity contribution in [3.05, 3.63) is 58.1 Å². The summed E-state index contributed by atoms with van der Waals surface area (Å²) in [5.41, 5.74) is 2.23. The molecule has 0 saturated carbocycles. The van der Waals surface area contributed by atoms with Crippen LogP contribution in [0.2, 0.25) is 5.02 Å². The van der Waals surface area contributed by atoms with E-state index in [9.17, 15) is 9.59 Å². The summed E-state index contributed by atoms with van der Waals surface area (Å²) in [5.74, 6) is -0.185. The minimum Gasteiger partial charge on any atom is -0.495 e.